The van der Waals surface area contributed by atoms with Crippen molar-refractivity contribution in [3.63, 3.8) is 0 Å². The fourth-order valence-electron chi connectivity index (χ4n) is 1.60. The minimum absolute atomic E-state index is 0.121. The van der Waals surface area contributed by atoms with Crippen molar-refractivity contribution in [2.45, 2.75) is 59.0 Å². The standard InChI is InChI=1S/C11H26N2/c1-4-6-10(11(12)13)8-7-9(3)5-2/h9-11H,4-8,12-13H2,1-3H3. The Bertz CT molecular complexity index is 113. The topological polar surface area (TPSA) is 52.0 Å². The first-order valence-corrected chi connectivity index (χ1v) is 5.62. The molecule has 0 saturated heterocycles. The van der Waals surface area contributed by atoms with Gasteiger partial charge >= 0.3 is 0 Å². The molecular weight excluding hydrogens is 160 g/mol. The van der Waals surface area contributed by atoms with Crippen LogP contribution >= 0.6 is 0 Å². The summed E-state index contributed by atoms with van der Waals surface area (Å²) in [6.45, 7) is 6.73. The van der Waals surface area contributed by atoms with Crippen molar-refractivity contribution in [3.8, 4) is 0 Å². The molecule has 0 aromatic heterocycles. The zero-order chi connectivity index (χ0) is 10.3. The zero-order valence-corrected chi connectivity index (χ0v) is 9.42. The highest BCUT2D eigenvalue weighted by molar-refractivity contribution is 4.68. The maximum Gasteiger partial charge on any atom is 0.0549 e. The highest BCUT2D eigenvalue weighted by Gasteiger charge is 2.13. The minimum Gasteiger partial charge on any atom is -0.316 e. The lowest BCUT2D eigenvalue weighted by atomic mass is 9.91. The third-order valence-corrected chi connectivity index (χ3v) is 2.93. The van der Waals surface area contributed by atoms with Gasteiger partial charge in [0.2, 0.25) is 0 Å². The fraction of sp³-hybridized carbons (Fsp3) is 1.00. The van der Waals surface area contributed by atoms with Gasteiger partial charge in [0.05, 0.1) is 6.17 Å². The Morgan fingerprint density at radius 2 is 1.62 bits per heavy atom. The SMILES string of the molecule is CCCC(CCC(C)CC)C(N)N. The average Bonchev–Trinajstić information content (AvgIpc) is 2.11. The third-order valence-electron chi connectivity index (χ3n) is 2.93. The van der Waals surface area contributed by atoms with Crippen LogP contribution in [0.25, 0.3) is 0 Å². The summed E-state index contributed by atoms with van der Waals surface area (Å²) in [6.07, 6.45) is 5.97. The quantitative estimate of drug-likeness (QED) is 0.600. The minimum atomic E-state index is -0.121. The lowest BCUT2D eigenvalue weighted by Gasteiger charge is -2.21. The highest BCUT2D eigenvalue weighted by atomic mass is 14.9. The van der Waals surface area contributed by atoms with E-state index >= 15 is 0 Å². The molecule has 0 aliphatic rings. The Morgan fingerprint density at radius 3 is 2.00 bits per heavy atom. The van der Waals surface area contributed by atoms with Crippen LogP contribution in [0.15, 0.2) is 0 Å². The van der Waals surface area contributed by atoms with Crippen molar-refractivity contribution in [1.82, 2.24) is 0 Å². The van der Waals surface area contributed by atoms with Crippen LogP contribution in [0.1, 0.15) is 52.9 Å². The van der Waals surface area contributed by atoms with Gasteiger partial charge in [0.25, 0.3) is 0 Å². The molecule has 0 spiro atoms. The summed E-state index contributed by atoms with van der Waals surface area (Å²) in [5.74, 6) is 1.34. The van der Waals surface area contributed by atoms with E-state index in [1.807, 2.05) is 0 Å². The van der Waals surface area contributed by atoms with Crippen LogP contribution in [0.4, 0.5) is 0 Å². The Morgan fingerprint density at radius 1 is 1.00 bits per heavy atom. The fourth-order valence-corrected chi connectivity index (χ4v) is 1.60. The molecule has 0 saturated carbocycles. The van der Waals surface area contributed by atoms with Crippen molar-refractivity contribution in [3.05, 3.63) is 0 Å². The van der Waals surface area contributed by atoms with Gasteiger partial charge < -0.3 is 11.5 Å². The predicted molar refractivity (Wildman–Crippen MR) is 59.2 cm³/mol. The molecule has 13 heavy (non-hydrogen) atoms. The number of hydrogen-bond acceptors (Lipinski definition) is 2. The van der Waals surface area contributed by atoms with Gasteiger partial charge in [-0.2, -0.15) is 0 Å². The predicted octanol–water partition coefficient (Wildman–Crippen LogP) is 2.47. The summed E-state index contributed by atoms with van der Waals surface area (Å²) in [5, 5.41) is 0. The summed E-state index contributed by atoms with van der Waals surface area (Å²) in [4.78, 5) is 0. The van der Waals surface area contributed by atoms with Gasteiger partial charge in [-0.05, 0) is 24.7 Å². The molecule has 4 N–H and O–H groups in total. The van der Waals surface area contributed by atoms with E-state index in [2.05, 4.69) is 20.8 Å². The second-order valence-corrected chi connectivity index (χ2v) is 4.22. The molecule has 0 aliphatic heterocycles. The van der Waals surface area contributed by atoms with E-state index in [1.54, 1.807) is 0 Å². The van der Waals surface area contributed by atoms with Crippen LogP contribution < -0.4 is 11.5 Å². The van der Waals surface area contributed by atoms with Crippen LogP contribution in [0, 0.1) is 11.8 Å². The van der Waals surface area contributed by atoms with Crippen LogP contribution in [0.2, 0.25) is 0 Å². The molecule has 2 heteroatoms. The van der Waals surface area contributed by atoms with Crippen LogP contribution in [0.5, 0.6) is 0 Å². The van der Waals surface area contributed by atoms with E-state index in [1.165, 1.54) is 32.1 Å². The van der Waals surface area contributed by atoms with Crippen molar-refractivity contribution < 1.29 is 0 Å². The Balaban J connectivity index is 3.68. The van der Waals surface area contributed by atoms with Crippen molar-refractivity contribution in [2.75, 3.05) is 0 Å². The Kier molecular flexibility index (Phi) is 7.29. The molecule has 0 aromatic rings. The zero-order valence-electron chi connectivity index (χ0n) is 9.42. The number of nitrogens with two attached hydrogens (primary N) is 2. The highest BCUT2D eigenvalue weighted by Crippen LogP contribution is 2.19. The normalized spacial score (nSPS) is 16.2. The molecule has 0 bridgehead atoms. The smallest absolute Gasteiger partial charge is 0.0549 e. The van der Waals surface area contributed by atoms with Crippen LogP contribution in [0.3, 0.4) is 0 Å². The molecule has 0 heterocycles. The number of hydrogen-bond donors (Lipinski definition) is 2. The van der Waals surface area contributed by atoms with E-state index in [4.69, 9.17) is 11.5 Å². The molecule has 0 aliphatic carbocycles. The first-order valence-electron chi connectivity index (χ1n) is 5.62. The lowest BCUT2D eigenvalue weighted by molar-refractivity contribution is 0.333. The molecule has 0 amide bonds. The van der Waals surface area contributed by atoms with Gasteiger partial charge in [-0.25, -0.2) is 0 Å². The summed E-state index contributed by atoms with van der Waals surface area (Å²) in [6, 6.07) is 0. The first-order chi connectivity index (χ1) is 6.11. The molecule has 80 valence electrons. The van der Waals surface area contributed by atoms with Crippen LogP contribution in [-0.2, 0) is 0 Å². The van der Waals surface area contributed by atoms with Gasteiger partial charge in [-0.1, -0.05) is 40.0 Å². The van der Waals surface area contributed by atoms with E-state index in [-0.39, 0.29) is 6.17 Å². The van der Waals surface area contributed by atoms with E-state index < -0.39 is 0 Å². The summed E-state index contributed by atoms with van der Waals surface area (Å²) < 4.78 is 0. The first kappa shape index (κ1) is 12.9. The lowest BCUT2D eigenvalue weighted by Crippen LogP contribution is -2.38. The molecule has 2 unspecified atom stereocenters. The van der Waals surface area contributed by atoms with Gasteiger partial charge in [0.15, 0.2) is 0 Å². The molecule has 2 atom stereocenters. The van der Waals surface area contributed by atoms with Gasteiger partial charge in [0, 0.05) is 0 Å². The summed E-state index contributed by atoms with van der Waals surface area (Å²) >= 11 is 0. The van der Waals surface area contributed by atoms with Gasteiger partial charge in [-0.3, -0.25) is 0 Å². The van der Waals surface area contributed by atoms with Gasteiger partial charge in [-0.15, -0.1) is 0 Å². The summed E-state index contributed by atoms with van der Waals surface area (Å²) in [7, 11) is 0. The van der Waals surface area contributed by atoms with E-state index in [0.29, 0.717) is 5.92 Å². The van der Waals surface area contributed by atoms with Crippen molar-refractivity contribution in [2.24, 2.45) is 23.3 Å². The molecular formula is C11H26N2. The largest absolute Gasteiger partial charge is 0.316 e. The molecule has 0 radical (unpaired) electrons. The maximum atomic E-state index is 5.73. The van der Waals surface area contributed by atoms with Crippen LogP contribution in [-0.4, -0.2) is 6.17 Å². The molecule has 0 rings (SSSR count). The van der Waals surface area contributed by atoms with E-state index in [9.17, 15) is 0 Å². The monoisotopic (exact) mass is 186 g/mol. The summed E-state index contributed by atoms with van der Waals surface area (Å²) in [5.41, 5.74) is 11.5. The Hall–Kier alpha value is -0.0800. The van der Waals surface area contributed by atoms with E-state index in [0.717, 1.165) is 5.92 Å². The molecule has 0 fully saturated rings. The average molecular weight is 186 g/mol. The Labute approximate surface area is 83.1 Å². The second kappa shape index (κ2) is 7.34. The maximum absolute atomic E-state index is 5.73. The third kappa shape index (κ3) is 6.05. The van der Waals surface area contributed by atoms with Crippen molar-refractivity contribution in [1.29, 1.82) is 0 Å². The molecule has 0 aromatic carbocycles. The number of rotatable bonds is 7. The second-order valence-electron chi connectivity index (χ2n) is 4.22. The molecule has 2 nitrogen and oxygen atoms in total. The van der Waals surface area contributed by atoms with Gasteiger partial charge in [0.1, 0.15) is 0 Å². The van der Waals surface area contributed by atoms with Crippen molar-refractivity contribution >= 4 is 0 Å².